The summed E-state index contributed by atoms with van der Waals surface area (Å²) in [5.41, 5.74) is 0.542. The predicted octanol–water partition coefficient (Wildman–Crippen LogP) is 5.98. The van der Waals surface area contributed by atoms with Crippen LogP contribution in [-0.2, 0) is 33.6 Å². The molecule has 17 heteroatoms. The van der Waals surface area contributed by atoms with Crippen LogP contribution in [-0.4, -0.2) is 95.2 Å². The van der Waals surface area contributed by atoms with Gasteiger partial charge in [-0.2, -0.15) is 18.3 Å². The number of carbonyl (C=O) groups excluding carboxylic acids is 3. The number of aromatic nitrogens is 5. The number of ketones is 1. The number of nitrogens with zero attached hydrogens (tertiary/aromatic N) is 7. The van der Waals surface area contributed by atoms with Crippen molar-refractivity contribution >= 4 is 40.4 Å². The fraction of sp³-hybridized carbons (Fsp3) is 0.385. The minimum absolute atomic E-state index is 0.0392. The maximum atomic E-state index is 14.5. The van der Waals surface area contributed by atoms with Crippen molar-refractivity contribution in [2.75, 3.05) is 25.1 Å². The van der Waals surface area contributed by atoms with E-state index < -0.39 is 59.6 Å². The second kappa shape index (κ2) is 15.6. The highest BCUT2D eigenvalue weighted by Gasteiger charge is 2.67. The van der Waals surface area contributed by atoms with E-state index in [9.17, 15) is 37.5 Å². The van der Waals surface area contributed by atoms with Crippen LogP contribution >= 0.6 is 0 Å². The molecule has 3 aromatic heterocycles. The SMILES string of the molecule is C=CCCN(Cc1cc(-c2cnc(C)nc2)cc2c(C(C)=O)nn(CC(=O)N3[C@H](C(=O)Nc4nc(C(F)(F)F)ccc4C)C[C@@]4(COCC=C)C[C@@H]34)c12)C(=O)O. The van der Waals surface area contributed by atoms with Gasteiger partial charge in [0, 0.05) is 48.3 Å². The molecule has 14 nitrogen and oxygen atoms in total. The Balaban J connectivity index is 1.40. The fourth-order valence-corrected chi connectivity index (χ4v) is 7.29. The molecule has 0 spiro atoms. The van der Waals surface area contributed by atoms with Crippen molar-refractivity contribution in [3.05, 3.63) is 90.3 Å². The highest BCUT2D eigenvalue weighted by atomic mass is 19.4. The Morgan fingerprint density at radius 3 is 2.46 bits per heavy atom. The number of halogens is 3. The predicted molar refractivity (Wildman–Crippen MR) is 198 cm³/mol. The number of aryl methyl sites for hydroxylation is 2. The summed E-state index contributed by atoms with van der Waals surface area (Å²) >= 11 is 0. The van der Waals surface area contributed by atoms with Gasteiger partial charge in [-0.3, -0.25) is 19.1 Å². The molecule has 294 valence electrons. The van der Waals surface area contributed by atoms with E-state index in [2.05, 4.69) is 38.5 Å². The van der Waals surface area contributed by atoms with Crippen molar-refractivity contribution in [1.82, 2.24) is 34.5 Å². The lowest BCUT2D eigenvalue weighted by molar-refractivity contribution is -0.141. The number of anilines is 1. The van der Waals surface area contributed by atoms with E-state index in [-0.39, 0.29) is 44.2 Å². The second-order valence-electron chi connectivity index (χ2n) is 14.2. The molecule has 4 aromatic rings. The summed E-state index contributed by atoms with van der Waals surface area (Å²) in [7, 11) is 0. The first-order valence-electron chi connectivity index (χ1n) is 17.8. The van der Waals surface area contributed by atoms with Gasteiger partial charge in [-0.1, -0.05) is 18.2 Å². The average molecular weight is 775 g/mol. The van der Waals surface area contributed by atoms with Crippen LogP contribution in [0.5, 0.6) is 0 Å². The zero-order valence-electron chi connectivity index (χ0n) is 31.1. The van der Waals surface area contributed by atoms with Crippen LogP contribution in [0.3, 0.4) is 0 Å². The maximum absolute atomic E-state index is 14.5. The lowest BCUT2D eigenvalue weighted by Crippen LogP contribution is -2.47. The first-order chi connectivity index (χ1) is 26.6. The lowest BCUT2D eigenvalue weighted by atomic mass is 9.99. The van der Waals surface area contributed by atoms with Crippen molar-refractivity contribution < 1.29 is 42.2 Å². The van der Waals surface area contributed by atoms with Crippen molar-refractivity contribution in [2.45, 2.75) is 71.4 Å². The van der Waals surface area contributed by atoms with Crippen LogP contribution in [0.4, 0.5) is 23.8 Å². The number of alkyl halides is 3. The molecule has 1 saturated heterocycles. The number of rotatable bonds is 15. The molecule has 4 heterocycles. The highest BCUT2D eigenvalue weighted by molar-refractivity contribution is 6.07. The van der Waals surface area contributed by atoms with Crippen LogP contribution in [0.15, 0.2) is 62.0 Å². The number of fused-ring (bicyclic) bond motifs is 2. The third kappa shape index (κ3) is 8.03. The Morgan fingerprint density at radius 1 is 1.09 bits per heavy atom. The number of ether oxygens (including phenoxy) is 1. The van der Waals surface area contributed by atoms with Crippen molar-refractivity contribution in [2.24, 2.45) is 5.41 Å². The number of hydrogen-bond donors (Lipinski definition) is 2. The molecule has 1 aliphatic carbocycles. The van der Waals surface area contributed by atoms with Crippen LogP contribution in [0.1, 0.15) is 59.3 Å². The van der Waals surface area contributed by atoms with E-state index in [1.54, 1.807) is 43.6 Å². The number of pyridine rings is 1. The molecule has 6 rings (SSSR count). The summed E-state index contributed by atoms with van der Waals surface area (Å²) < 4.78 is 47.7. The number of hydrogen-bond acceptors (Lipinski definition) is 9. The quantitative estimate of drug-likeness (QED) is 0.0831. The van der Waals surface area contributed by atoms with Crippen molar-refractivity contribution in [1.29, 1.82) is 0 Å². The summed E-state index contributed by atoms with van der Waals surface area (Å²) in [5.74, 6) is -1.42. The molecule has 2 N–H and O–H groups in total. The molecular formula is C39H41F3N8O6. The topological polar surface area (TPSA) is 173 Å². The van der Waals surface area contributed by atoms with Crippen LogP contribution < -0.4 is 5.32 Å². The Hall–Kier alpha value is -5.97. The molecule has 0 bridgehead atoms. The van der Waals surface area contributed by atoms with Gasteiger partial charge in [-0.25, -0.2) is 19.7 Å². The van der Waals surface area contributed by atoms with Crippen LogP contribution in [0.25, 0.3) is 22.0 Å². The number of carboxylic acid groups (broad SMARTS) is 1. The van der Waals surface area contributed by atoms with E-state index in [0.717, 1.165) is 6.07 Å². The Kier molecular flexibility index (Phi) is 11.1. The average Bonchev–Trinajstić information content (AvgIpc) is 3.54. The highest BCUT2D eigenvalue weighted by Crippen LogP contribution is 2.60. The Morgan fingerprint density at radius 2 is 1.82 bits per heavy atom. The molecule has 0 unspecified atom stereocenters. The number of piperidine rings is 1. The number of likely N-dealkylation sites (tertiary alicyclic amines) is 1. The first-order valence-corrected chi connectivity index (χ1v) is 17.8. The van der Waals surface area contributed by atoms with Gasteiger partial charge in [0.15, 0.2) is 5.78 Å². The summed E-state index contributed by atoms with van der Waals surface area (Å²) in [4.78, 5) is 68.7. The summed E-state index contributed by atoms with van der Waals surface area (Å²) in [6, 6.07) is 3.94. The molecule has 1 aliphatic heterocycles. The molecule has 0 radical (unpaired) electrons. The molecule has 2 aliphatic rings. The molecule has 2 fully saturated rings. The van der Waals surface area contributed by atoms with E-state index in [4.69, 9.17) is 4.74 Å². The van der Waals surface area contributed by atoms with Crippen molar-refractivity contribution in [3.63, 3.8) is 0 Å². The minimum Gasteiger partial charge on any atom is -0.465 e. The molecule has 56 heavy (non-hydrogen) atoms. The molecule has 3 atom stereocenters. The van der Waals surface area contributed by atoms with Gasteiger partial charge < -0.3 is 25.0 Å². The van der Waals surface area contributed by atoms with Gasteiger partial charge in [0.2, 0.25) is 11.8 Å². The number of nitrogens with one attached hydrogen (secondary N) is 1. The van der Waals surface area contributed by atoms with E-state index in [1.165, 1.54) is 34.4 Å². The van der Waals surface area contributed by atoms with Crippen LogP contribution in [0.2, 0.25) is 0 Å². The smallest absolute Gasteiger partial charge is 0.433 e. The summed E-state index contributed by atoms with van der Waals surface area (Å²) in [6.07, 6.45) is 1.50. The number of amides is 3. The number of benzene rings is 1. The molecular weight excluding hydrogens is 733 g/mol. The lowest BCUT2D eigenvalue weighted by Gasteiger charge is -2.27. The molecule has 1 aromatic carbocycles. The largest absolute Gasteiger partial charge is 0.465 e. The Labute approximate surface area is 320 Å². The van der Waals surface area contributed by atoms with Gasteiger partial charge in [-0.05, 0) is 68.0 Å². The molecule has 3 amide bonds. The van der Waals surface area contributed by atoms with Gasteiger partial charge in [0.25, 0.3) is 0 Å². The van der Waals surface area contributed by atoms with Gasteiger partial charge >= 0.3 is 12.3 Å². The Bertz CT molecular complexity index is 2220. The standard InChI is InChI=1S/C39H41F3N8O6/c1-6-8-11-48(37(54)55)19-26-13-25(27-17-43-24(5)44-18-27)14-28-33(23(4)51)47-49(34(26)28)20-32(52)50-29(15-38(16-31(38)50)21-56-12-7-2)36(53)46-35-22(3)9-10-30(45-35)39(40,41)42/h6-7,9-10,13-14,17-18,29,31H,1-2,8,11-12,15-16,19-21H2,3-5H3,(H,54,55)(H,45,46,53)/t29-,31+,38-/m0/s1. The van der Waals surface area contributed by atoms with E-state index >= 15 is 0 Å². The second-order valence-corrected chi connectivity index (χ2v) is 14.2. The third-order valence-corrected chi connectivity index (χ3v) is 10.2. The fourth-order valence-electron chi connectivity index (χ4n) is 7.29. The monoisotopic (exact) mass is 774 g/mol. The maximum Gasteiger partial charge on any atom is 0.433 e. The normalized spacial score (nSPS) is 18.7. The molecule has 1 saturated carbocycles. The van der Waals surface area contributed by atoms with Gasteiger partial charge in [0.05, 0.1) is 25.3 Å². The van der Waals surface area contributed by atoms with E-state index in [0.29, 0.717) is 51.8 Å². The summed E-state index contributed by atoms with van der Waals surface area (Å²) in [6.45, 7) is 11.9. The minimum atomic E-state index is -4.75. The van der Waals surface area contributed by atoms with E-state index in [1.807, 2.05) is 0 Å². The number of carbonyl (C=O) groups is 4. The third-order valence-electron chi connectivity index (χ3n) is 10.2. The summed E-state index contributed by atoms with van der Waals surface area (Å²) in [5, 5.41) is 17.6. The first kappa shape index (κ1) is 39.7. The van der Waals surface area contributed by atoms with Gasteiger partial charge in [-0.15, -0.1) is 13.2 Å². The zero-order valence-corrected chi connectivity index (χ0v) is 31.1. The van der Waals surface area contributed by atoms with Crippen molar-refractivity contribution in [3.8, 4) is 11.1 Å². The number of Topliss-reactive ketones (excluding diaryl/α,β-unsaturated/α-hetero) is 1. The zero-order chi connectivity index (χ0) is 40.5. The van der Waals surface area contributed by atoms with Gasteiger partial charge in [0.1, 0.15) is 35.6 Å². The van der Waals surface area contributed by atoms with Crippen LogP contribution in [0, 0.1) is 19.3 Å².